The third kappa shape index (κ3) is 6.72. The summed E-state index contributed by atoms with van der Waals surface area (Å²) in [5, 5.41) is 8.41. The lowest BCUT2D eigenvalue weighted by atomic mass is 10.0. The van der Waals surface area contributed by atoms with Crippen LogP contribution in [0.2, 0.25) is 0 Å². The van der Waals surface area contributed by atoms with Crippen LogP contribution in [0.1, 0.15) is 13.8 Å². The summed E-state index contributed by atoms with van der Waals surface area (Å²) in [6.07, 6.45) is 0. The maximum atomic E-state index is 12.4. The van der Waals surface area contributed by atoms with Crippen LogP contribution in [0.25, 0.3) is 0 Å². The molecule has 0 aliphatic carbocycles. The number of carbonyl (C=O) groups is 2. The summed E-state index contributed by atoms with van der Waals surface area (Å²) in [6, 6.07) is 8.20. The van der Waals surface area contributed by atoms with Crippen LogP contribution in [-0.2, 0) is 9.53 Å². The zero-order valence-electron chi connectivity index (χ0n) is 15.0. The van der Waals surface area contributed by atoms with Gasteiger partial charge in [0.1, 0.15) is 6.04 Å². The number of morpholine rings is 1. The van der Waals surface area contributed by atoms with E-state index in [0.29, 0.717) is 12.2 Å². The molecular weight excluding hydrogens is 320 g/mol. The number of rotatable bonds is 7. The number of hydrogen-bond acceptors (Lipinski definition) is 4. The molecule has 25 heavy (non-hydrogen) atoms. The topological polar surface area (TPSA) is 82.7 Å². The molecule has 7 nitrogen and oxygen atoms in total. The van der Waals surface area contributed by atoms with Crippen LogP contribution in [0.4, 0.5) is 10.5 Å². The van der Waals surface area contributed by atoms with Gasteiger partial charge in [-0.15, -0.1) is 0 Å². The number of hydrogen-bond donors (Lipinski definition) is 3. The highest BCUT2D eigenvalue weighted by Gasteiger charge is 2.24. The van der Waals surface area contributed by atoms with Gasteiger partial charge < -0.3 is 20.7 Å². The molecule has 1 atom stereocenters. The van der Waals surface area contributed by atoms with Crippen LogP contribution < -0.4 is 16.0 Å². The molecule has 0 aromatic heterocycles. The number of carbonyl (C=O) groups excluding carboxylic acids is 2. The predicted molar refractivity (Wildman–Crippen MR) is 97.5 cm³/mol. The Bertz CT molecular complexity index is 545. The van der Waals surface area contributed by atoms with Gasteiger partial charge in [0.05, 0.1) is 13.2 Å². The van der Waals surface area contributed by atoms with E-state index in [4.69, 9.17) is 4.74 Å². The first-order valence-corrected chi connectivity index (χ1v) is 8.76. The van der Waals surface area contributed by atoms with Crippen LogP contribution >= 0.6 is 0 Å². The highest BCUT2D eigenvalue weighted by Crippen LogP contribution is 2.06. The zero-order chi connectivity index (χ0) is 18.1. The van der Waals surface area contributed by atoms with E-state index in [9.17, 15) is 9.59 Å². The van der Waals surface area contributed by atoms with Gasteiger partial charge in [0, 0.05) is 31.9 Å². The second-order valence-corrected chi connectivity index (χ2v) is 6.43. The molecule has 3 amide bonds. The summed E-state index contributed by atoms with van der Waals surface area (Å²) in [7, 11) is 0. The monoisotopic (exact) mass is 348 g/mol. The quantitative estimate of drug-likeness (QED) is 0.693. The molecule has 1 aliphatic rings. The summed E-state index contributed by atoms with van der Waals surface area (Å²) in [5.41, 5.74) is 0.690. The summed E-state index contributed by atoms with van der Waals surface area (Å²) >= 11 is 0. The maximum absolute atomic E-state index is 12.4. The van der Waals surface area contributed by atoms with Gasteiger partial charge in [0.15, 0.2) is 0 Å². The molecule has 0 spiro atoms. The van der Waals surface area contributed by atoms with Crippen molar-refractivity contribution in [3.8, 4) is 0 Å². The van der Waals surface area contributed by atoms with E-state index in [1.807, 2.05) is 32.0 Å². The molecule has 1 saturated heterocycles. The molecule has 0 saturated carbocycles. The standard InChI is InChI=1S/C18H28N4O3/c1-14(2)16(21-18(24)20-15-6-4-3-5-7-15)17(23)19-8-9-22-10-12-25-13-11-22/h3-7,14,16H,8-13H2,1-2H3,(H,19,23)(H2,20,21,24). The van der Waals surface area contributed by atoms with E-state index in [1.54, 1.807) is 12.1 Å². The second kappa shape index (κ2) is 10.0. The maximum Gasteiger partial charge on any atom is 0.319 e. The minimum absolute atomic E-state index is 0.00934. The third-order valence-corrected chi connectivity index (χ3v) is 4.10. The van der Waals surface area contributed by atoms with Crippen LogP contribution in [0.3, 0.4) is 0 Å². The molecule has 138 valence electrons. The molecule has 2 rings (SSSR count). The average Bonchev–Trinajstić information content (AvgIpc) is 2.61. The Balaban J connectivity index is 1.77. The van der Waals surface area contributed by atoms with Gasteiger partial charge in [-0.2, -0.15) is 0 Å². The van der Waals surface area contributed by atoms with Gasteiger partial charge >= 0.3 is 6.03 Å². The number of anilines is 1. The molecule has 1 aromatic carbocycles. The van der Waals surface area contributed by atoms with Gasteiger partial charge in [-0.05, 0) is 18.1 Å². The van der Waals surface area contributed by atoms with Crippen LogP contribution in [0, 0.1) is 5.92 Å². The molecule has 1 aliphatic heterocycles. The van der Waals surface area contributed by atoms with Crippen molar-refractivity contribution in [2.45, 2.75) is 19.9 Å². The number of amides is 3. The van der Waals surface area contributed by atoms with Gasteiger partial charge in [0.25, 0.3) is 0 Å². The van der Waals surface area contributed by atoms with Crippen LogP contribution in [-0.4, -0.2) is 62.3 Å². The van der Waals surface area contributed by atoms with Crippen molar-refractivity contribution in [3.05, 3.63) is 30.3 Å². The first kappa shape index (κ1) is 19.2. The Kier molecular flexibility index (Phi) is 7.69. The number of nitrogens with zero attached hydrogens (tertiary/aromatic N) is 1. The number of benzene rings is 1. The van der Waals surface area contributed by atoms with E-state index >= 15 is 0 Å². The Morgan fingerprint density at radius 3 is 2.48 bits per heavy atom. The third-order valence-electron chi connectivity index (χ3n) is 4.10. The lowest BCUT2D eigenvalue weighted by Gasteiger charge is -2.27. The molecule has 0 radical (unpaired) electrons. The normalized spacial score (nSPS) is 16.3. The van der Waals surface area contributed by atoms with Crippen molar-refractivity contribution in [1.29, 1.82) is 0 Å². The summed E-state index contributed by atoms with van der Waals surface area (Å²) < 4.78 is 5.31. The Hall–Kier alpha value is -2.12. The molecule has 7 heteroatoms. The van der Waals surface area contributed by atoms with Crippen molar-refractivity contribution in [2.24, 2.45) is 5.92 Å². The minimum Gasteiger partial charge on any atom is -0.379 e. The number of urea groups is 1. The fourth-order valence-electron chi connectivity index (χ4n) is 2.64. The first-order chi connectivity index (χ1) is 12.1. The molecule has 3 N–H and O–H groups in total. The van der Waals surface area contributed by atoms with Crippen molar-refractivity contribution in [1.82, 2.24) is 15.5 Å². The van der Waals surface area contributed by atoms with Crippen molar-refractivity contribution in [2.75, 3.05) is 44.7 Å². The second-order valence-electron chi connectivity index (χ2n) is 6.43. The van der Waals surface area contributed by atoms with E-state index < -0.39 is 6.04 Å². The Labute approximate surface area is 149 Å². The lowest BCUT2D eigenvalue weighted by Crippen LogP contribution is -2.52. The fourth-order valence-corrected chi connectivity index (χ4v) is 2.64. The van der Waals surface area contributed by atoms with E-state index in [-0.39, 0.29) is 17.9 Å². The van der Waals surface area contributed by atoms with Crippen molar-refractivity contribution < 1.29 is 14.3 Å². The molecule has 1 heterocycles. The van der Waals surface area contributed by atoms with Crippen LogP contribution in [0.15, 0.2) is 30.3 Å². The Morgan fingerprint density at radius 2 is 1.84 bits per heavy atom. The molecule has 1 fully saturated rings. The fraction of sp³-hybridized carbons (Fsp3) is 0.556. The van der Waals surface area contributed by atoms with E-state index in [2.05, 4.69) is 20.9 Å². The highest BCUT2D eigenvalue weighted by molar-refractivity contribution is 5.93. The van der Waals surface area contributed by atoms with E-state index in [1.165, 1.54) is 0 Å². The van der Waals surface area contributed by atoms with Gasteiger partial charge in [-0.1, -0.05) is 32.0 Å². The average molecular weight is 348 g/mol. The lowest BCUT2D eigenvalue weighted by molar-refractivity contribution is -0.123. The largest absolute Gasteiger partial charge is 0.379 e. The predicted octanol–water partition coefficient (Wildman–Crippen LogP) is 1.28. The molecular formula is C18H28N4O3. The molecule has 1 unspecified atom stereocenters. The zero-order valence-corrected chi connectivity index (χ0v) is 15.0. The van der Waals surface area contributed by atoms with E-state index in [0.717, 1.165) is 32.8 Å². The Morgan fingerprint density at radius 1 is 1.16 bits per heavy atom. The van der Waals surface area contributed by atoms with Crippen molar-refractivity contribution in [3.63, 3.8) is 0 Å². The number of para-hydroxylation sites is 1. The highest BCUT2D eigenvalue weighted by atomic mass is 16.5. The van der Waals surface area contributed by atoms with Crippen molar-refractivity contribution >= 4 is 17.6 Å². The van der Waals surface area contributed by atoms with Gasteiger partial charge in [-0.3, -0.25) is 9.69 Å². The summed E-state index contributed by atoms with van der Waals surface area (Å²) in [5.74, 6) is -0.170. The summed E-state index contributed by atoms with van der Waals surface area (Å²) in [6.45, 7) is 8.43. The smallest absolute Gasteiger partial charge is 0.319 e. The molecule has 1 aromatic rings. The SMILES string of the molecule is CC(C)C(NC(=O)Nc1ccccc1)C(=O)NCCN1CCOCC1. The number of nitrogens with one attached hydrogen (secondary N) is 3. The van der Waals surface area contributed by atoms with Crippen LogP contribution in [0.5, 0.6) is 0 Å². The van der Waals surface area contributed by atoms with Gasteiger partial charge in [-0.25, -0.2) is 4.79 Å². The first-order valence-electron chi connectivity index (χ1n) is 8.76. The van der Waals surface area contributed by atoms with Gasteiger partial charge in [0.2, 0.25) is 5.91 Å². The number of ether oxygens (including phenoxy) is 1. The summed E-state index contributed by atoms with van der Waals surface area (Å²) in [4.78, 5) is 26.8. The molecule has 0 bridgehead atoms. The minimum atomic E-state index is -0.576.